The predicted octanol–water partition coefficient (Wildman–Crippen LogP) is 2.27. The maximum absolute atomic E-state index is 12.3. The molecule has 162 valence electrons. The molecule has 0 spiro atoms. The van der Waals surface area contributed by atoms with Crippen molar-refractivity contribution in [3.63, 3.8) is 0 Å². The third-order valence-electron chi connectivity index (χ3n) is 4.04. The van der Waals surface area contributed by atoms with Gasteiger partial charge in [0.1, 0.15) is 5.56 Å². The van der Waals surface area contributed by atoms with Crippen LogP contribution < -0.4 is 5.32 Å². The number of amides is 1. The van der Waals surface area contributed by atoms with E-state index in [1.165, 1.54) is 37.3 Å². The van der Waals surface area contributed by atoms with E-state index in [0.717, 1.165) is 20.3 Å². The van der Waals surface area contributed by atoms with Gasteiger partial charge in [-0.05, 0) is 30.7 Å². The lowest BCUT2D eigenvalue weighted by molar-refractivity contribution is -0.385. The second-order valence-electron chi connectivity index (χ2n) is 6.13. The lowest BCUT2D eigenvalue weighted by Crippen LogP contribution is -2.22. The number of methoxy groups -OCH3 is 2. The molecule has 1 amide bonds. The monoisotopic (exact) mass is 430 g/mol. The van der Waals surface area contributed by atoms with Crippen LogP contribution in [0.1, 0.15) is 36.6 Å². The minimum Gasteiger partial charge on any atom is -0.465 e. The van der Waals surface area contributed by atoms with Crippen LogP contribution in [-0.2, 0) is 19.0 Å². The highest BCUT2D eigenvalue weighted by molar-refractivity contribution is 6.01. The number of carbonyl (C=O) groups is 4. The number of nitrogens with one attached hydrogen (secondary N) is 1. The van der Waals surface area contributed by atoms with E-state index in [0.29, 0.717) is 5.56 Å². The average Bonchev–Trinajstić information content (AvgIpc) is 2.75. The standard InChI is InChI=1S/C20H18N2O9/c1-11-5-4-6-15(22(27)28)17(11)20(26)31-10-16(23)21-14-8-12(18(24)29-2)7-13(9-14)19(25)30-3/h4-9H,10H2,1-3H3,(H,21,23). The fourth-order valence-electron chi connectivity index (χ4n) is 2.64. The molecule has 0 saturated carbocycles. The van der Waals surface area contributed by atoms with Crippen LogP contribution in [0, 0.1) is 17.0 Å². The van der Waals surface area contributed by atoms with Gasteiger partial charge in [0.15, 0.2) is 6.61 Å². The van der Waals surface area contributed by atoms with Crippen LogP contribution in [0.2, 0.25) is 0 Å². The van der Waals surface area contributed by atoms with Crippen molar-refractivity contribution in [2.24, 2.45) is 0 Å². The van der Waals surface area contributed by atoms with Gasteiger partial charge in [0.2, 0.25) is 0 Å². The summed E-state index contributed by atoms with van der Waals surface area (Å²) in [6.07, 6.45) is 0. The van der Waals surface area contributed by atoms with Crippen molar-refractivity contribution in [1.29, 1.82) is 0 Å². The maximum Gasteiger partial charge on any atom is 0.345 e. The molecule has 2 aromatic rings. The molecule has 0 aliphatic rings. The van der Waals surface area contributed by atoms with Crippen molar-refractivity contribution >= 4 is 35.2 Å². The number of hydrogen-bond acceptors (Lipinski definition) is 9. The van der Waals surface area contributed by atoms with Crippen molar-refractivity contribution in [3.8, 4) is 0 Å². The Kier molecular flexibility index (Phi) is 7.39. The Morgan fingerprint density at radius 3 is 2.06 bits per heavy atom. The zero-order valence-corrected chi connectivity index (χ0v) is 16.8. The summed E-state index contributed by atoms with van der Waals surface area (Å²) in [5, 5.41) is 13.5. The van der Waals surface area contributed by atoms with Gasteiger partial charge in [0, 0.05) is 11.8 Å². The molecular formula is C20H18N2O9. The summed E-state index contributed by atoms with van der Waals surface area (Å²) < 4.78 is 14.1. The molecule has 0 aromatic heterocycles. The van der Waals surface area contributed by atoms with Crippen molar-refractivity contribution in [2.75, 3.05) is 26.1 Å². The Bertz CT molecular complexity index is 1030. The second kappa shape index (κ2) is 9.96. The number of carbonyl (C=O) groups excluding carboxylic acids is 4. The Hall–Kier alpha value is -4.28. The molecule has 2 aromatic carbocycles. The Labute approximate surface area is 176 Å². The first-order chi connectivity index (χ1) is 14.7. The maximum atomic E-state index is 12.3. The smallest absolute Gasteiger partial charge is 0.345 e. The quantitative estimate of drug-likeness (QED) is 0.302. The highest BCUT2D eigenvalue weighted by atomic mass is 16.6. The molecule has 0 heterocycles. The lowest BCUT2D eigenvalue weighted by atomic mass is 10.1. The van der Waals surface area contributed by atoms with Crippen LogP contribution >= 0.6 is 0 Å². The summed E-state index contributed by atoms with van der Waals surface area (Å²) in [7, 11) is 2.30. The van der Waals surface area contributed by atoms with Gasteiger partial charge >= 0.3 is 17.9 Å². The molecule has 2 rings (SSSR count). The highest BCUT2D eigenvalue weighted by Crippen LogP contribution is 2.23. The normalized spacial score (nSPS) is 10.0. The van der Waals surface area contributed by atoms with E-state index in [9.17, 15) is 29.3 Å². The molecule has 0 unspecified atom stereocenters. The number of rotatable bonds is 7. The Morgan fingerprint density at radius 1 is 0.968 bits per heavy atom. The number of ether oxygens (including phenoxy) is 3. The summed E-state index contributed by atoms with van der Waals surface area (Å²) >= 11 is 0. The highest BCUT2D eigenvalue weighted by Gasteiger charge is 2.24. The topological polar surface area (TPSA) is 151 Å². The third kappa shape index (κ3) is 5.63. The molecule has 11 nitrogen and oxygen atoms in total. The molecule has 0 saturated heterocycles. The van der Waals surface area contributed by atoms with E-state index in [-0.39, 0.29) is 22.4 Å². The zero-order chi connectivity index (χ0) is 23.1. The van der Waals surface area contributed by atoms with Gasteiger partial charge in [-0.15, -0.1) is 0 Å². The van der Waals surface area contributed by atoms with Gasteiger partial charge in [0.25, 0.3) is 11.6 Å². The number of anilines is 1. The third-order valence-corrected chi connectivity index (χ3v) is 4.04. The van der Waals surface area contributed by atoms with Gasteiger partial charge in [-0.3, -0.25) is 14.9 Å². The summed E-state index contributed by atoms with van der Waals surface area (Å²) in [6.45, 7) is 0.733. The Balaban J connectivity index is 2.16. The fraction of sp³-hybridized carbons (Fsp3) is 0.200. The lowest BCUT2D eigenvalue weighted by Gasteiger charge is -2.10. The van der Waals surface area contributed by atoms with Crippen molar-refractivity contribution in [2.45, 2.75) is 6.92 Å². The molecule has 0 atom stereocenters. The molecule has 0 fully saturated rings. The first-order valence-electron chi connectivity index (χ1n) is 8.70. The molecule has 31 heavy (non-hydrogen) atoms. The van der Waals surface area contributed by atoms with Gasteiger partial charge in [-0.2, -0.15) is 0 Å². The number of nitro groups is 1. The molecule has 0 aliphatic carbocycles. The molecule has 0 radical (unpaired) electrons. The minimum atomic E-state index is -1.04. The number of nitro benzene ring substituents is 1. The molecule has 1 N–H and O–H groups in total. The van der Waals surface area contributed by atoms with Crippen molar-refractivity contribution in [1.82, 2.24) is 0 Å². The summed E-state index contributed by atoms with van der Waals surface area (Å²) in [5.74, 6) is -3.35. The number of esters is 3. The predicted molar refractivity (Wildman–Crippen MR) is 106 cm³/mol. The van der Waals surface area contributed by atoms with Crippen LogP contribution in [-0.4, -0.2) is 49.6 Å². The van der Waals surface area contributed by atoms with Gasteiger partial charge < -0.3 is 19.5 Å². The minimum absolute atomic E-state index is 0.0202. The SMILES string of the molecule is COC(=O)c1cc(NC(=O)COC(=O)c2c(C)cccc2[N+](=O)[O-])cc(C(=O)OC)c1. The number of benzene rings is 2. The van der Waals surface area contributed by atoms with E-state index < -0.39 is 41.0 Å². The largest absolute Gasteiger partial charge is 0.465 e. The molecule has 0 aliphatic heterocycles. The number of aryl methyl sites for hydroxylation is 1. The van der Waals surface area contributed by atoms with Crippen LogP contribution in [0.15, 0.2) is 36.4 Å². The summed E-state index contributed by atoms with van der Waals surface area (Å²) in [4.78, 5) is 58.5. The van der Waals surface area contributed by atoms with Crippen LogP contribution in [0.4, 0.5) is 11.4 Å². The van der Waals surface area contributed by atoms with Crippen molar-refractivity contribution in [3.05, 3.63) is 68.8 Å². The molecule has 11 heteroatoms. The van der Waals surface area contributed by atoms with Crippen LogP contribution in [0.3, 0.4) is 0 Å². The summed E-state index contributed by atoms with van der Waals surface area (Å²) in [6, 6.07) is 7.80. The fourth-order valence-corrected chi connectivity index (χ4v) is 2.64. The molecule has 0 bridgehead atoms. The second-order valence-corrected chi connectivity index (χ2v) is 6.13. The van der Waals surface area contributed by atoms with E-state index in [1.807, 2.05) is 0 Å². The first kappa shape index (κ1) is 23.0. The Morgan fingerprint density at radius 2 is 1.55 bits per heavy atom. The number of nitrogens with zero attached hydrogens (tertiary/aromatic N) is 1. The molecular weight excluding hydrogens is 412 g/mol. The van der Waals surface area contributed by atoms with Crippen LogP contribution in [0.5, 0.6) is 0 Å². The summed E-state index contributed by atoms with van der Waals surface area (Å²) in [5.41, 5.74) is -0.388. The van der Waals surface area contributed by atoms with E-state index in [1.54, 1.807) is 0 Å². The van der Waals surface area contributed by atoms with Gasteiger partial charge in [-0.1, -0.05) is 12.1 Å². The number of hydrogen-bond donors (Lipinski definition) is 1. The average molecular weight is 430 g/mol. The van der Waals surface area contributed by atoms with Gasteiger partial charge in [-0.25, -0.2) is 14.4 Å². The van der Waals surface area contributed by atoms with Gasteiger partial charge in [0.05, 0.1) is 30.3 Å². The zero-order valence-electron chi connectivity index (χ0n) is 16.8. The van der Waals surface area contributed by atoms with E-state index in [4.69, 9.17) is 4.74 Å². The van der Waals surface area contributed by atoms with E-state index >= 15 is 0 Å². The van der Waals surface area contributed by atoms with Crippen molar-refractivity contribution < 1.29 is 38.3 Å². The first-order valence-corrected chi connectivity index (χ1v) is 8.70. The van der Waals surface area contributed by atoms with E-state index in [2.05, 4.69) is 14.8 Å². The van der Waals surface area contributed by atoms with Crippen LogP contribution in [0.25, 0.3) is 0 Å².